The summed E-state index contributed by atoms with van der Waals surface area (Å²) < 4.78 is 14.6. The summed E-state index contributed by atoms with van der Waals surface area (Å²) in [6.45, 7) is 0. The van der Waals surface area contributed by atoms with Crippen molar-refractivity contribution in [3.63, 3.8) is 0 Å². The molecule has 1 aliphatic carbocycles. The molecule has 0 amide bonds. The molecule has 0 atom stereocenters. The lowest BCUT2D eigenvalue weighted by atomic mass is 9.84. The fourth-order valence-electron chi connectivity index (χ4n) is 4.14. The Balaban J connectivity index is 1.60. The first-order chi connectivity index (χ1) is 14.2. The largest absolute Gasteiger partial charge is 0.343 e. The topological polar surface area (TPSA) is 29.1 Å². The number of hydrogen-bond donors (Lipinski definition) is 1. The monoisotopic (exact) mass is 419 g/mol. The maximum Gasteiger partial charge on any atom is 0.197 e. The minimum absolute atomic E-state index is 0.375. The Kier molecular flexibility index (Phi) is 6.28. The van der Waals surface area contributed by atoms with E-state index >= 15 is 0 Å². The van der Waals surface area contributed by atoms with E-state index in [4.69, 9.17) is 12.2 Å². The molecule has 0 aliphatic heterocycles. The highest BCUT2D eigenvalue weighted by Crippen LogP contribution is 2.45. The van der Waals surface area contributed by atoms with Crippen molar-refractivity contribution in [3.05, 3.63) is 90.5 Å². The maximum absolute atomic E-state index is 14.2. The van der Waals surface area contributed by atoms with Crippen LogP contribution >= 0.6 is 19.4 Å². The van der Waals surface area contributed by atoms with Gasteiger partial charge in [0, 0.05) is 16.3 Å². The van der Waals surface area contributed by atoms with E-state index in [1.807, 2.05) is 60.7 Å². The third kappa shape index (κ3) is 4.37. The summed E-state index contributed by atoms with van der Waals surface area (Å²) in [6, 6.07) is 27.6. The lowest BCUT2D eigenvalue weighted by molar-refractivity contribution is 0.443. The zero-order chi connectivity index (χ0) is 20.1. The Hall–Kier alpha value is -2.22. The van der Waals surface area contributed by atoms with E-state index in [2.05, 4.69) is 29.6 Å². The van der Waals surface area contributed by atoms with Crippen molar-refractivity contribution >= 4 is 40.4 Å². The summed E-state index contributed by atoms with van der Waals surface area (Å²) in [5.41, 5.74) is 2.29. The van der Waals surface area contributed by atoms with Gasteiger partial charge in [0.15, 0.2) is 7.14 Å². The van der Waals surface area contributed by atoms with E-state index < -0.39 is 7.14 Å². The summed E-state index contributed by atoms with van der Waals surface area (Å²) in [5, 5.41) is 4.78. The molecule has 0 aromatic heterocycles. The van der Waals surface area contributed by atoms with Crippen molar-refractivity contribution in [1.82, 2.24) is 0 Å². The first-order valence-corrected chi connectivity index (χ1v) is 12.4. The van der Waals surface area contributed by atoms with Crippen molar-refractivity contribution in [3.8, 4) is 0 Å². The summed E-state index contributed by atoms with van der Waals surface area (Å²) >= 11 is 5.72. The number of benzene rings is 3. The van der Waals surface area contributed by atoms with Gasteiger partial charge in [0.1, 0.15) is 4.73 Å². The van der Waals surface area contributed by atoms with Crippen molar-refractivity contribution in [2.75, 3.05) is 5.32 Å². The minimum atomic E-state index is -3.10. The van der Waals surface area contributed by atoms with Crippen LogP contribution in [0.5, 0.6) is 0 Å². The molecule has 0 saturated heterocycles. The number of rotatable bonds is 5. The smallest absolute Gasteiger partial charge is 0.197 e. The predicted molar refractivity (Wildman–Crippen MR) is 128 cm³/mol. The van der Waals surface area contributed by atoms with Gasteiger partial charge in [-0.3, -0.25) is 0 Å². The van der Waals surface area contributed by atoms with Crippen LogP contribution in [0.4, 0.5) is 5.69 Å². The Morgan fingerprint density at radius 1 is 0.759 bits per heavy atom. The Morgan fingerprint density at radius 2 is 1.28 bits per heavy atom. The average molecular weight is 420 g/mol. The fourth-order valence-corrected chi connectivity index (χ4v) is 7.12. The molecule has 0 spiro atoms. The highest BCUT2D eigenvalue weighted by molar-refractivity contribution is 8.08. The van der Waals surface area contributed by atoms with Crippen LogP contribution in [0.1, 0.15) is 43.6 Å². The van der Waals surface area contributed by atoms with Crippen molar-refractivity contribution in [1.29, 1.82) is 0 Å². The second-order valence-corrected chi connectivity index (χ2v) is 11.1. The SMILES string of the molecule is O=P(C(=S)Nc1ccc(C2CCCCC2)cc1)(c1ccccc1)c1ccccc1. The van der Waals surface area contributed by atoms with E-state index in [-0.39, 0.29) is 0 Å². The van der Waals surface area contributed by atoms with Gasteiger partial charge in [0.25, 0.3) is 0 Å². The molecule has 1 saturated carbocycles. The molecule has 1 N–H and O–H groups in total. The Morgan fingerprint density at radius 3 is 1.79 bits per heavy atom. The van der Waals surface area contributed by atoms with E-state index in [1.165, 1.54) is 37.7 Å². The van der Waals surface area contributed by atoms with E-state index in [0.717, 1.165) is 16.3 Å². The number of hydrogen-bond acceptors (Lipinski definition) is 2. The molecule has 2 nitrogen and oxygen atoms in total. The molecular formula is C25H26NOPS. The average Bonchev–Trinajstić information content (AvgIpc) is 2.80. The standard InChI is InChI=1S/C25H26NOPS/c27-28(23-12-6-2-7-13-23,24-14-8-3-9-15-24)25(29)26-22-18-16-21(17-19-22)20-10-4-1-5-11-20/h2-3,6-9,12-20H,1,4-5,10-11H2,(H,26,29). The predicted octanol–water partition coefficient (Wildman–Crippen LogP) is 6.45. The van der Waals surface area contributed by atoms with Crippen LogP contribution < -0.4 is 15.9 Å². The summed E-state index contributed by atoms with van der Waals surface area (Å²) in [6.07, 6.45) is 6.57. The molecule has 3 aromatic carbocycles. The second kappa shape index (κ2) is 9.07. The lowest BCUT2D eigenvalue weighted by Gasteiger charge is -2.23. The summed E-state index contributed by atoms with van der Waals surface area (Å²) in [7, 11) is -3.10. The molecule has 148 valence electrons. The van der Waals surface area contributed by atoms with Crippen LogP contribution in [0.3, 0.4) is 0 Å². The van der Waals surface area contributed by atoms with Gasteiger partial charge in [-0.2, -0.15) is 0 Å². The number of nitrogens with one attached hydrogen (secondary N) is 1. The van der Waals surface area contributed by atoms with Crippen molar-refractivity contribution in [2.45, 2.75) is 38.0 Å². The van der Waals surface area contributed by atoms with Crippen LogP contribution in [0, 0.1) is 0 Å². The Labute approximate surface area is 178 Å². The van der Waals surface area contributed by atoms with E-state index in [9.17, 15) is 4.57 Å². The second-order valence-electron chi connectivity index (χ2n) is 7.67. The van der Waals surface area contributed by atoms with Gasteiger partial charge in [-0.25, -0.2) is 0 Å². The van der Waals surface area contributed by atoms with Crippen LogP contribution in [0.2, 0.25) is 0 Å². The molecule has 1 aliphatic rings. The van der Waals surface area contributed by atoms with Crippen LogP contribution in [-0.2, 0) is 4.57 Å². The summed E-state index contributed by atoms with van der Waals surface area (Å²) in [4.78, 5) is 0. The van der Waals surface area contributed by atoms with Gasteiger partial charge in [0.2, 0.25) is 0 Å². The lowest BCUT2D eigenvalue weighted by Crippen LogP contribution is -2.25. The molecular weight excluding hydrogens is 393 g/mol. The highest BCUT2D eigenvalue weighted by atomic mass is 32.1. The van der Waals surface area contributed by atoms with Crippen LogP contribution in [-0.4, -0.2) is 4.73 Å². The van der Waals surface area contributed by atoms with Gasteiger partial charge in [-0.05, 0) is 36.5 Å². The zero-order valence-electron chi connectivity index (χ0n) is 16.5. The molecule has 1 fully saturated rings. The minimum Gasteiger partial charge on any atom is -0.343 e. The number of thiocarbonyl (C=S) groups is 1. The highest BCUT2D eigenvalue weighted by Gasteiger charge is 2.32. The van der Waals surface area contributed by atoms with Gasteiger partial charge in [0.05, 0.1) is 0 Å². The molecule has 4 heteroatoms. The van der Waals surface area contributed by atoms with Crippen LogP contribution in [0.15, 0.2) is 84.9 Å². The molecule has 4 rings (SSSR count). The third-order valence-electron chi connectivity index (χ3n) is 5.76. The van der Waals surface area contributed by atoms with Gasteiger partial charge in [-0.15, -0.1) is 0 Å². The van der Waals surface area contributed by atoms with Crippen molar-refractivity contribution < 1.29 is 4.57 Å². The molecule has 3 aromatic rings. The Bertz CT molecular complexity index is 953. The zero-order valence-corrected chi connectivity index (χ0v) is 18.2. The normalized spacial score (nSPS) is 15.0. The van der Waals surface area contributed by atoms with Gasteiger partial charge in [-0.1, -0.05) is 104 Å². The fraction of sp³-hybridized carbons (Fsp3) is 0.240. The molecule has 0 unspecified atom stereocenters. The first kappa shape index (κ1) is 20.1. The van der Waals surface area contributed by atoms with Gasteiger partial charge < -0.3 is 9.88 Å². The van der Waals surface area contributed by atoms with Gasteiger partial charge >= 0.3 is 0 Å². The van der Waals surface area contributed by atoms with Crippen LogP contribution in [0.25, 0.3) is 0 Å². The van der Waals surface area contributed by atoms with E-state index in [0.29, 0.717) is 10.6 Å². The van der Waals surface area contributed by atoms with Crippen molar-refractivity contribution in [2.24, 2.45) is 0 Å². The molecule has 29 heavy (non-hydrogen) atoms. The molecule has 0 radical (unpaired) electrons. The maximum atomic E-state index is 14.2. The number of anilines is 1. The summed E-state index contributed by atoms with van der Waals surface area (Å²) in [5.74, 6) is 0.671. The molecule has 0 heterocycles. The third-order valence-corrected chi connectivity index (χ3v) is 9.37. The first-order valence-electron chi connectivity index (χ1n) is 10.3. The quantitative estimate of drug-likeness (QED) is 0.381. The van der Waals surface area contributed by atoms with E-state index in [1.54, 1.807) is 0 Å². The molecule has 0 bridgehead atoms.